The lowest BCUT2D eigenvalue weighted by Crippen LogP contribution is -2.06. The first-order valence-corrected chi connectivity index (χ1v) is 6.35. The van der Waals surface area contributed by atoms with Crippen molar-refractivity contribution in [1.82, 2.24) is 4.98 Å². The summed E-state index contributed by atoms with van der Waals surface area (Å²) in [6.07, 6.45) is 4.19. The molecule has 0 aliphatic carbocycles. The average Bonchev–Trinajstić information content (AvgIpc) is 2.25. The van der Waals surface area contributed by atoms with Crippen molar-refractivity contribution in [3.05, 3.63) is 24.0 Å². The van der Waals surface area contributed by atoms with Crippen LogP contribution in [-0.2, 0) is 10.8 Å². The maximum Gasteiger partial charge on any atom is 0.140 e. The Labute approximate surface area is 91.8 Å². The Hall–Kier alpha value is -1.41. The largest absolute Gasteiger partial charge is 0.384 e. The Balaban J connectivity index is 2.32. The third-order valence-corrected chi connectivity index (χ3v) is 2.68. The summed E-state index contributed by atoms with van der Waals surface area (Å²) >= 11 is 0. The van der Waals surface area contributed by atoms with Gasteiger partial charge >= 0.3 is 0 Å². The first-order chi connectivity index (χ1) is 7.22. The molecule has 1 aromatic heterocycles. The molecule has 1 unspecified atom stereocenters. The highest BCUT2D eigenvalue weighted by molar-refractivity contribution is 7.84. The molecule has 0 bridgehead atoms. The molecule has 5 heteroatoms. The number of nitriles is 1. The lowest BCUT2D eigenvalue weighted by molar-refractivity contribution is 0.685. The predicted octanol–water partition coefficient (Wildman–Crippen LogP) is 1.13. The highest BCUT2D eigenvalue weighted by Crippen LogP contribution is 2.05. The summed E-state index contributed by atoms with van der Waals surface area (Å²) in [6, 6.07) is 5.44. The SMILES string of the molecule is CS(=O)CCCNc1ccc(C#N)nc1. The fourth-order valence-corrected chi connectivity index (χ4v) is 1.62. The molecule has 0 aromatic carbocycles. The van der Waals surface area contributed by atoms with Gasteiger partial charge in [-0.2, -0.15) is 5.26 Å². The maximum absolute atomic E-state index is 10.8. The van der Waals surface area contributed by atoms with Crippen LogP contribution in [0.25, 0.3) is 0 Å². The second-order valence-corrected chi connectivity index (χ2v) is 4.66. The molecule has 0 saturated heterocycles. The van der Waals surface area contributed by atoms with Crippen molar-refractivity contribution in [2.75, 3.05) is 23.9 Å². The van der Waals surface area contributed by atoms with Gasteiger partial charge < -0.3 is 5.32 Å². The molecule has 0 fully saturated rings. The summed E-state index contributed by atoms with van der Waals surface area (Å²) in [5, 5.41) is 11.7. The van der Waals surface area contributed by atoms with Crippen molar-refractivity contribution in [1.29, 1.82) is 5.26 Å². The van der Waals surface area contributed by atoms with Gasteiger partial charge in [0.2, 0.25) is 0 Å². The van der Waals surface area contributed by atoms with E-state index in [1.807, 2.05) is 12.1 Å². The van der Waals surface area contributed by atoms with Gasteiger partial charge in [-0.25, -0.2) is 4.98 Å². The number of hydrogen-bond acceptors (Lipinski definition) is 4. The van der Waals surface area contributed by atoms with E-state index in [9.17, 15) is 4.21 Å². The third-order valence-electron chi connectivity index (χ3n) is 1.82. The molecule has 0 aliphatic heterocycles. The van der Waals surface area contributed by atoms with Gasteiger partial charge in [-0.15, -0.1) is 0 Å². The van der Waals surface area contributed by atoms with Crippen LogP contribution in [0.2, 0.25) is 0 Å². The van der Waals surface area contributed by atoms with Crippen LogP contribution in [-0.4, -0.2) is 27.7 Å². The highest BCUT2D eigenvalue weighted by Gasteiger charge is 1.95. The number of anilines is 1. The number of hydrogen-bond donors (Lipinski definition) is 1. The first kappa shape index (κ1) is 11.7. The molecule has 1 N–H and O–H groups in total. The van der Waals surface area contributed by atoms with Crippen LogP contribution in [0.1, 0.15) is 12.1 Å². The summed E-state index contributed by atoms with van der Waals surface area (Å²) in [5.74, 6) is 0.705. The van der Waals surface area contributed by atoms with E-state index in [1.54, 1.807) is 18.5 Å². The zero-order valence-corrected chi connectivity index (χ0v) is 9.38. The second-order valence-electron chi connectivity index (χ2n) is 3.10. The van der Waals surface area contributed by atoms with Gasteiger partial charge in [-0.1, -0.05) is 0 Å². The number of rotatable bonds is 5. The van der Waals surface area contributed by atoms with E-state index in [0.29, 0.717) is 11.4 Å². The van der Waals surface area contributed by atoms with Crippen LogP contribution < -0.4 is 5.32 Å². The van der Waals surface area contributed by atoms with Crippen molar-refractivity contribution in [2.24, 2.45) is 0 Å². The summed E-state index contributed by atoms with van der Waals surface area (Å²) in [5.41, 5.74) is 1.30. The van der Waals surface area contributed by atoms with Crippen LogP contribution >= 0.6 is 0 Å². The zero-order valence-electron chi connectivity index (χ0n) is 8.56. The van der Waals surface area contributed by atoms with Gasteiger partial charge in [-0.05, 0) is 18.6 Å². The standard InChI is InChI=1S/C10H13N3OS/c1-15(14)6-2-5-12-10-4-3-9(7-11)13-8-10/h3-4,8,12H,2,5-6H2,1H3. The van der Waals surface area contributed by atoms with Gasteiger partial charge in [0.15, 0.2) is 0 Å². The van der Waals surface area contributed by atoms with E-state index in [-0.39, 0.29) is 0 Å². The van der Waals surface area contributed by atoms with Crippen molar-refractivity contribution in [3.8, 4) is 6.07 Å². The van der Waals surface area contributed by atoms with Crippen molar-refractivity contribution in [2.45, 2.75) is 6.42 Å². The molecular weight excluding hydrogens is 210 g/mol. The molecule has 1 heterocycles. The zero-order chi connectivity index (χ0) is 11.1. The number of nitrogens with zero attached hydrogens (tertiary/aromatic N) is 2. The lowest BCUT2D eigenvalue weighted by Gasteiger charge is -2.04. The van der Waals surface area contributed by atoms with Gasteiger partial charge in [0, 0.05) is 29.4 Å². The van der Waals surface area contributed by atoms with Gasteiger partial charge in [0.1, 0.15) is 11.8 Å². The summed E-state index contributed by atoms with van der Waals surface area (Å²) < 4.78 is 10.8. The fraction of sp³-hybridized carbons (Fsp3) is 0.400. The van der Waals surface area contributed by atoms with Crippen molar-refractivity contribution in [3.63, 3.8) is 0 Å². The Morgan fingerprint density at radius 2 is 2.40 bits per heavy atom. The molecule has 0 radical (unpaired) electrons. The van der Waals surface area contributed by atoms with Crippen molar-refractivity contribution < 1.29 is 4.21 Å². The summed E-state index contributed by atoms with van der Waals surface area (Å²) in [4.78, 5) is 3.93. The number of pyridine rings is 1. The van der Waals surface area contributed by atoms with Crippen molar-refractivity contribution >= 4 is 16.5 Å². The minimum atomic E-state index is -0.727. The molecular formula is C10H13N3OS. The third kappa shape index (κ3) is 4.56. The van der Waals surface area contributed by atoms with E-state index in [1.165, 1.54) is 0 Å². The average molecular weight is 223 g/mol. The normalized spacial score (nSPS) is 11.7. The molecule has 0 aliphatic rings. The molecule has 15 heavy (non-hydrogen) atoms. The van der Waals surface area contributed by atoms with E-state index >= 15 is 0 Å². The lowest BCUT2D eigenvalue weighted by atomic mass is 10.3. The quantitative estimate of drug-likeness (QED) is 0.760. The van der Waals surface area contributed by atoms with Gasteiger partial charge in [0.25, 0.3) is 0 Å². The van der Waals surface area contributed by atoms with Crippen LogP contribution in [0, 0.1) is 11.3 Å². The molecule has 4 nitrogen and oxygen atoms in total. The van der Waals surface area contributed by atoms with E-state index < -0.39 is 10.8 Å². The Morgan fingerprint density at radius 1 is 1.60 bits per heavy atom. The van der Waals surface area contributed by atoms with E-state index in [2.05, 4.69) is 10.3 Å². The minimum absolute atomic E-state index is 0.412. The molecule has 0 saturated carbocycles. The highest BCUT2D eigenvalue weighted by atomic mass is 32.2. The summed E-state index contributed by atoms with van der Waals surface area (Å²) in [6.45, 7) is 0.771. The van der Waals surface area contributed by atoms with Crippen LogP contribution in [0.3, 0.4) is 0 Å². The first-order valence-electron chi connectivity index (χ1n) is 4.62. The molecule has 1 rings (SSSR count). The fourth-order valence-electron chi connectivity index (χ4n) is 1.07. The van der Waals surface area contributed by atoms with Crippen LogP contribution in [0.5, 0.6) is 0 Å². The van der Waals surface area contributed by atoms with E-state index in [0.717, 1.165) is 18.7 Å². The Kier molecular flexibility index (Phi) is 4.78. The van der Waals surface area contributed by atoms with Crippen LogP contribution in [0.4, 0.5) is 5.69 Å². The second kappa shape index (κ2) is 6.14. The molecule has 1 aromatic rings. The topological polar surface area (TPSA) is 65.8 Å². The monoisotopic (exact) mass is 223 g/mol. The summed E-state index contributed by atoms with van der Waals surface area (Å²) in [7, 11) is -0.727. The van der Waals surface area contributed by atoms with Gasteiger partial charge in [0.05, 0.1) is 11.9 Å². The molecule has 0 amide bonds. The molecule has 0 spiro atoms. The number of aromatic nitrogens is 1. The smallest absolute Gasteiger partial charge is 0.140 e. The molecule has 1 atom stereocenters. The predicted molar refractivity (Wildman–Crippen MR) is 61.0 cm³/mol. The van der Waals surface area contributed by atoms with Gasteiger partial charge in [-0.3, -0.25) is 4.21 Å². The molecule has 80 valence electrons. The minimum Gasteiger partial charge on any atom is -0.384 e. The maximum atomic E-state index is 10.8. The Bertz CT molecular complexity index is 369. The number of nitrogens with one attached hydrogen (secondary N) is 1. The van der Waals surface area contributed by atoms with Crippen LogP contribution in [0.15, 0.2) is 18.3 Å². The van der Waals surface area contributed by atoms with E-state index in [4.69, 9.17) is 5.26 Å². The Morgan fingerprint density at radius 3 is 2.93 bits per heavy atom.